The maximum atomic E-state index is 8.88. The van der Waals surface area contributed by atoms with Gasteiger partial charge in [0.15, 0.2) is 0 Å². The zero-order valence-electron chi connectivity index (χ0n) is 8.10. The highest BCUT2D eigenvalue weighted by atomic mass is 31.2. The van der Waals surface area contributed by atoms with Gasteiger partial charge >= 0.3 is 15.6 Å². The van der Waals surface area contributed by atoms with Crippen LogP contribution in [0.5, 0.6) is 0 Å². The van der Waals surface area contributed by atoms with E-state index in [-0.39, 0.29) is 0 Å². The van der Waals surface area contributed by atoms with Crippen LogP contribution in [0.2, 0.25) is 0 Å². The Morgan fingerprint density at radius 3 is 1.00 bits per heavy atom. The third-order valence-corrected chi connectivity index (χ3v) is 0.354. The zero-order chi connectivity index (χ0) is 13.3. The molecule has 0 atom stereocenters. The molecule has 0 aliphatic carbocycles. The van der Waals surface area contributed by atoms with Crippen molar-refractivity contribution in [2.75, 3.05) is 0 Å². The van der Waals surface area contributed by atoms with Gasteiger partial charge in [0.05, 0.1) is 0 Å². The standard InChI is InChI=1S/C5H8.2H3O4P/c1-4-5(2)3;2*1-5(2,3)4/h1H2,2-3H3;2*(H3,1,2,3,4). The van der Waals surface area contributed by atoms with E-state index < -0.39 is 15.6 Å². The third kappa shape index (κ3) is 625. The molecule has 0 aromatic carbocycles. The smallest absolute Gasteiger partial charge is 0.303 e. The molecule has 15 heavy (non-hydrogen) atoms. The van der Waals surface area contributed by atoms with E-state index in [0.29, 0.717) is 0 Å². The lowest BCUT2D eigenvalue weighted by atomic mass is 10.4. The van der Waals surface area contributed by atoms with Gasteiger partial charge in [0.2, 0.25) is 0 Å². The lowest BCUT2D eigenvalue weighted by Gasteiger charge is -1.82. The van der Waals surface area contributed by atoms with Crippen molar-refractivity contribution in [2.24, 2.45) is 0 Å². The third-order valence-electron chi connectivity index (χ3n) is 0.354. The number of hydrogen-bond donors (Lipinski definition) is 6. The molecule has 0 bridgehead atoms. The quantitative estimate of drug-likeness (QED) is 0.261. The molecule has 0 saturated heterocycles. The van der Waals surface area contributed by atoms with E-state index in [4.69, 9.17) is 38.5 Å². The van der Waals surface area contributed by atoms with Crippen LogP contribution in [0.15, 0.2) is 17.9 Å². The van der Waals surface area contributed by atoms with E-state index in [0.717, 1.165) is 5.57 Å². The van der Waals surface area contributed by atoms with Crippen molar-refractivity contribution in [2.45, 2.75) is 13.8 Å². The molecule has 0 aromatic rings. The highest BCUT2D eigenvalue weighted by Gasteiger charge is 2.00. The molecule has 92 valence electrons. The van der Waals surface area contributed by atoms with Crippen LogP contribution in [0, 0.1) is 0 Å². The molecule has 0 saturated carbocycles. The van der Waals surface area contributed by atoms with Gasteiger partial charge in [0, 0.05) is 0 Å². The molecule has 10 heteroatoms. The van der Waals surface area contributed by atoms with E-state index in [2.05, 4.69) is 12.3 Å². The Hall–Kier alpha value is -0.260. The lowest BCUT2D eigenvalue weighted by Crippen LogP contribution is -1.66. The topological polar surface area (TPSA) is 156 Å². The van der Waals surface area contributed by atoms with Crippen LogP contribution in [-0.2, 0) is 9.13 Å². The van der Waals surface area contributed by atoms with Crippen molar-refractivity contribution < 1.29 is 38.5 Å². The highest BCUT2D eigenvalue weighted by Crippen LogP contribution is 2.26. The molecule has 0 amide bonds. The van der Waals surface area contributed by atoms with Crippen LogP contribution in [0.25, 0.3) is 0 Å². The van der Waals surface area contributed by atoms with Gasteiger partial charge in [-0.25, -0.2) is 9.13 Å². The van der Waals surface area contributed by atoms with Crippen molar-refractivity contribution in [3.8, 4) is 0 Å². The Bertz CT molecular complexity index is 247. The fourth-order valence-corrected chi connectivity index (χ4v) is 0. The van der Waals surface area contributed by atoms with Gasteiger partial charge < -0.3 is 29.4 Å². The summed E-state index contributed by atoms with van der Waals surface area (Å²) in [6.07, 6.45) is 0. The molecule has 8 nitrogen and oxygen atoms in total. The molecular formula is C5H14O8P2. The number of rotatable bonds is 0. The molecule has 0 fully saturated rings. The predicted molar refractivity (Wildman–Crippen MR) is 52.5 cm³/mol. The summed E-state index contributed by atoms with van der Waals surface area (Å²) in [5.74, 6) is 0. The van der Waals surface area contributed by atoms with Crippen LogP contribution in [0.3, 0.4) is 0 Å². The predicted octanol–water partition coefficient (Wildman–Crippen LogP) is -0.120. The number of phosphoric acid groups is 2. The van der Waals surface area contributed by atoms with Crippen molar-refractivity contribution >= 4 is 15.6 Å². The van der Waals surface area contributed by atoms with Gasteiger partial charge in [-0.2, -0.15) is 0 Å². The Kier molecular flexibility index (Phi) is 12.1. The van der Waals surface area contributed by atoms with Crippen LogP contribution in [0.4, 0.5) is 0 Å². The average Bonchev–Trinajstić information content (AvgIpc) is 1.79. The van der Waals surface area contributed by atoms with E-state index in [1.807, 2.05) is 13.8 Å². The van der Waals surface area contributed by atoms with Crippen LogP contribution in [0.1, 0.15) is 13.8 Å². The fourth-order valence-electron chi connectivity index (χ4n) is 0. The monoisotopic (exact) mass is 264 g/mol. The molecule has 0 rings (SSSR count). The van der Waals surface area contributed by atoms with E-state index in [1.54, 1.807) is 0 Å². The maximum absolute atomic E-state index is 8.88. The molecule has 6 N–H and O–H groups in total. The first-order valence-electron chi connectivity index (χ1n) is 3.17. The molecule has 0 aliphatic heterocycles. The largest absolute Gasteiger partial charge is 0.466 e. The zero-order valence-corrected chi connectivity index (χ0v) is 9.89. The summed E-state index contributed by atoms with van der Waals surface area (Å²) in [4.78, 5) is 43.1. The first kappa shape index (κ1) is 20.2. The van der Waals surface area contributed by atoms with Gasteiger partial charge in [-0.15, -0.1) is 5.73 Å². The Morgan fingerprint density at radius 2 is 1.00 bits per heavy atom. The summed E-state index contributed by atoms with van der Waals surface area (Å²) in [7, 11) is -9.28. The minimum Gasteiger partial charge on any atom is -0.303 e. The second kappa shape index (κ2) is 9.00. The fraction of sp³-hybridized carbons (Fsp3) is 0.400. The summed E-state index contributed by atoms with van der Waals surface area (Å²) >= 11 is 0. The van der Waals surface area contributed by atoms with Gasteiger partial charge in [-0.1, -0.05) is 6.58 Å². The molecule has 0 heterocycles. The number of hydrogen-bond acceptors (Lipinski definition) is 2. The lowest BCUT2D eigenvalue weighted by molar-refractivity contribution is 0.272. The molecule has 0 radical (unpaired) electrons. The maximum Gasteiger partial charge on any atom is 0.466 e. The van der Waals surface area contributed by atoms with Crippen LogP contribution < -0.4 is 0 Å². The summed E-state index contributed by atoms with van der Waals surface area (Å²) in [6, 6.07) is 0. The van der Waals surface area contributed by atoms with Crippen LogP contribution in [-0.4, -0.2) is 29.4 Å². The molecular weight excluding hydrogens is 250 g/mol. The summed E-state index contributed by atoms with van der Waals surface area (Å²) in [5, 5.41) is 0. The Morgan fingerprint density at radius 1 is 0.933 bits per heavy atom. The summed E-state index contributed by atoms with van der Waals surface area (Å²) in [6.45, 7) is 7.33. The first-order valence-corrected chi connectivity index (χ1v) is 6.30. The van der Waals surface area contributed by atoms with Gasteiger partial charge in [-0.3, -0.25) is 0 Å². The van der Waals surface area contributed by atoms with E-state index >= 15 is 0 Å². The van der Waals surface area contributed by atoms with Gasteiger partial charge in [0.1, 0.15) is 0 Å². The van der Waals surface area contributed by atoms with Gasteiger partial charge in [0.25, 0.3) is 0 Å². The minimum atomic E-state index is -4.64. The summed E-state index contributed by atoms with van der Waals surface area (Å²) in [5.41, 5.74) is 3.84. The molecule has 0 aliphatic rings. The van der Waals surface area contributed by atoms with Gasteiger partial charge in [-0.05, 0) is 19.4 Å². The summed E-state index contributed by atoms with van der Waals surface area (Å²) < 4.78 is 17.8. The Labute approximate surface area is 86.7 Å². The van der Waals surface area contributed by atoms with E-state index in [9.17, 15) is 0 Å². The van der Waals surface area contributed by atoms with Crippen molar-refractivity contribution in [1.29, 1.82) is 0 Å². The van der Waals surface area contributed by atoms with Crippen molar-refractivity contribution in [3.05, 3.63) is 17.9 Å². The average molecular weight is 264 g/mol. The highest BCUT2D eigenvalue weighted by molar-refractivity contribution is 7.45. The molecule has 0 unspecified atom stereocenters. The normalized spacial score (nSPS) is 9.87. The Balaban J connectivity index is -0.000000144. The SMILES string of the molecule is C=C=C(C)C.O=P(O)(O)O.O=P(O)(O)O. The van der Waals surface area contributed by atoms with Crippen molar-refractivity contribution in [1.82, 2.24) is 0 Å². The minimum absolute atomic E-state index is 1.14. The van der Waals surface area contributed by atoms with Crippen molar-refractivity contribution in [3.63, 3.8) is 0 Å². The second-order valence-corrected chi connectivity index (χ2v) is 4.26. The number of allylic oxidation sites excluding steroid dienone is 1. The second-order valence-electron chi connectivity index (χ2n) is 2.20. The molecule has 0 aromatic heterocycles. The molecule has 0 spiro atoms. The first-order chi connectivity index (χ1) is 6.27. The van der Waals surface area contributed by atoms with E-state index in [1.165, 1.54) is 0 Å². The van der Waals surface area contributed by atoms with Crippen LogP contribution >= 0.6 is 15.6 Å².